The zero-order chi connectivity index (χ0) is 26.8. The first-order valence-corrected chi connectivity index (χ1v) is 12.2. The smallest absolute Gasteiger partial charge is 0.337 e. The number of carbonyl (C=O) groups is 4. The molecular weight excluding hydrogens is 488 g/mol. The van der Waals surface area contributed by atoms with E-state index < -0.39 is 23.9 Å². The van der Waals surface area contributed by atoms with Gasteiger partial charge in [0.05, 0.1) is 42.8 Å². The molecule has 9 heteroatoms. The summed E-state index contributed by atoms with van der Waals surface area (Å²) in [6, 6.07) is 16.6. The molecule has 1 aromatic heterocycles. The fraction of sp³-hybridized carbons (Fsp3) is 0.241. The molecule has 2 heterocycles. The number of carbonyl (C=O) groups excluding carboxylic acids is 3. The first-order valence-electron chi connectivity index (χ1n) is 12.2. The van der Waals surface area contributed by atoms with Crippen molar-refractivity contribution >= 4 is 35.0 Å². The number of carboxylic acids is 1. The topological polar surface area (TPSA) is 126 Å². The van der Waals surface area contributed by atoms with E-state index >= 15 is 0 Å². The van der Waals surface area contributed by atoms with E-state index in [4.69, 9.17) is 9.15 Å². The van der Waals surface area contributed by atoms with Crippen LogP contribution in [0.4, 0.5) is 11.4 Å². The molecule has 1 aliphatic heterocycles. The van der Waals surface area contributed by atoms with Crippen LogP contribution in [0.1, 0.15) is 59.3 Å². The largest absolute Gasteiger partial charge is 0.481 e. The number of nitrogens with one attached hydrogen (secondary N) is 1. The second-order valence-corrected chi connectivity index (χ2v) is 9.25. The molecule has 0 fully saturated rings. The highest BCUT2D eigenvalue weighted by Gasteiger charge is 2.42. The molecule has 0 saturated carbocycles. The number of fused-ring (bicyclic) bond motifs is 1. The maximum atomic E-state index is 13.8. The van der Waals surface area contributed by atoms with Gasteiger partial charge in [0.1, 0.15) is 5.76 Å². The number of benzene rings is 2. The zero-order valence-electron chi connectivity index (χ0n) is 20.7. The third-order valence-electron chi connectivity index (χ3n) is 6.90. The average Bonchev–Trinajstić information content (AvgIpc) is 3.41. The normalized spacial score (nSPS) is 18.7. The van der Waals surface area contributed by atoms with Crippen LogP contribution in [0.2, 0.25) is 0 Å². The Kier molecular flexibility index (Phi) is 6.83. The summed E-state index contributed by atoms with van der Waals surface area (Å²) in [6.45, 7) is 0. The van der Waals surface area contributed by atoms with Crippen LogP contribution < -0.4 is 10.2 Å². The molecule has 0 saturated heterocycles. The zero-order valence-corrected chi connectivity index (χ0v) is 20.7. The van der Waals surface area contributed by atoms with E-state index in [0.717, 1.165) is 0 Å². The van der Waals surface area contributed by atoms with E-state index in [2.05, 4.69) is 5.32 Å². The summed E-state index contributed by atoms with van der Waals surface area (Å²) < 4.78 is 10.4. The summed E-state index contributed by atoms with van der Waals surface area (Å²) in [5.74, 6) is -1.64. The highest BCUT2D eigenvalue weighted by Crippen LogP contribution is 2.47. The minimum atomic E-state index is -1.09. The molecule has 1 amide bonds. The lowest BCUT2D eigenvalue weighted by Gasteiger charge is -2.35. The summed E-state index contributed by atoms with van der Waals surface area (Å²) in [4.78, 5) is 52.4. The van der Waals surface area contributed by atoms with Crippen LogP contribution in [0.3, 0.4) is 0 Å². The number of rotatable bonds is 6. The minimum absolute atomic E-state index is 0.147. The number of nitrogens with zero attached hydrogens (tertiary/aromatic N) is 1. The van der Waals surface area contributed by atoms with Gasteiger partial charge in [-0.25, -0.2) is 4.79 Å². The number of Topliss-reactive ketones (excluding diaryl/α,β-unsaturated/α-hetero) is 1. The number of carboxylic acid groups (broad SMARTS) is 1. The summed E-state index contributed by atoms with van der Waals surface area (Å²) in [6.07, 6.45) is 1.66. The van der Waals surface area contributed by atoms with Crippen molar-refractivity contribution in [1.82, 2.24) is 0 Å². The van der Waals surface area contributed by atoms with Crippen LogP contribution in [0.15, 0.2) is 82.6 Å². The molecule has 9 nitrogen and oxygen atoms in total. The van der Waals surface area contributed by atoms with Gasteiger partial charge in [-0.1, -0.05) is 24.3 Å². The second kappa shape index (κ2) is 10.4. The number of amides is 1. The van der Waals surface area contributed by atoms with Gasteiger partial charge in [-0.05, 0) is 48.4 Å². The first-order chi connectivity index (χ1) is 18.4. The maximum absolute atomic E-state index is 13.8. The number of ether oxygens (including phenoxy) is 1. The van der Waals surface area contributed by atoms with Crippen molar-refractivity contribution in [3.05, 3.63) is 95.1 Å². The molecule has 5 rings (SSSR count). The van der Waals surface area contributed by atoms with E-state index in [1.807, 2.05) is 18.2 Å². The van der Waals surface area contributed by atoms with E-state index in [9.17, 15) is 24.3 Å². The quantitative estimate of drug-likeness (QED) is 0.448. The van der Waals surface area contributed by atoms with Crippen molar-refractivity contribution in [3.63, 3.8) is 0 Å². The Morgan fingerprint density at radius 3 is 2.47 bits per heavy atom. The number of furan rings is 1. The molecule has 194 valence electrons. The third-order valence-corrected chi connectivity index (χ3v) is 6.90. The van der Waals surface area contributed by atoms with Gasteiger partial charge >= 0.3 is 11.9 Å². The number of hydrogen-bond acceptors (Lipinski definition) is 7. The lowest BCUT2D eigenvalue weighted by Crippen LogP contribution is -2.38. The van der Waals surface area contributed by atoms with Gasteiger partial charge in [0.25, 0.3) is 0 Å². The van der Waals surface area contributed by atoms with Crippen molar-refractivity contribution in [1.29, 1.82) is 0 Å². The minimum Gasteiger partial charge on any atom is -0.481 e. The van der Waals surface area contributed by atoms with E-state index in [1.165, 1.54) is 12.0 Å². The van der Waals surface area contributed by atoms with E-state index in [1.54, 1.807) is 48.7 Å². The first kappa shape index (κ1) is 25.0. The standard InChI is InChI=1S/C29H26N2O7/c1-37-29(36)18-10-8-17(9-11-18)28-27-21(15-19(16-23(27)32)24-7-4-14-38-24)30-20-5-2-3-6-22(20)31(28)25(33)12-13-26(34)35/h2-11,14,19,28,30H,12-13,15-16H2,1H3,(H,34,35)/t19-,28-/m1/s1. The summed E-state index contributed by atoms with van der Waals surface area (Å²) in [5, 5.41) is 12.7. The second-order valence-electron chi connectivity index (χ2n) is 9.25. The summed E-state index contributed by atoms with van der Waals surface area (Å²) in [5.41, 5.74) is 3.20. The monoisotopic (exact) mass is 514 g/mol. The van der Waals surface area contributed by atoms with Gasteiger partial charge < -0.3 is 19.6 Å². The molecule has 1 aliphatic carbocycles. The van der Waals surface area contributed by atoms with Gasteiger partial charge in [-0.15, -0.1) is 0 Å². The van der Waals surface area contributed by atoms with Gasteiger partial charge in [0.2, 0.25) is 5.91 Å². The van der Waals surface area contributed by atoms with Crippen molar-refractivity contribution in [2.24, 2.45) is 0 Å². The predicted octanol–water partition coefficient (Wildman–Crippen LogP) is 4.83. The van der Waals surface area contributed by atoms with Gasteiger partial charge in [-0.2, -0.15) is 0 Å². The molecule has 2 N–H and O–H groups in total. The van der Waals surface area contributed by atoms with Crippen LogP contribution >= 0.6 is 0 Å². The van der Waals surface area contributed by atoms with E-state index in [0.29, 0.717) is 46.0 Å². The maximum Gasteiger partial charge on any atom is 0.337 e. The Morgan fingerprint density at radius 2 is 1.79 bits per heavy atom. The Labute approximate surface area is 218 Å². The average molecular weight is 515 g/mol. The molecule has 0 radical (unpaired) electrons. The van der Waals surface area contributed by atoms with Crippen LogP contribution in [-0.4, -0.2) is 35.8 Å². The number of ketones is 1. The number of aliphatic carboxylic acids is 1. The fourth-order valence-electron chi connectivity index (χ4n) is 5.16. The van der Waals surface area contributed by atoms with Gasteiger partial charge in [0, 0.05) is 30.0 Å². The highest BCUT2D eigenvalue weighted by atomic mass is 16.5. The summed E-state index contributed by atoms with van der Waals surface area (Å²) in [7, 11) is 1.29. The van der Waals surface area contributed by atoms with Crippen molar-refractivity contribution < 1.29 is 33.4 Å². The van der Waals surface area contributed by atoms with Crippen LogP contribution in [0.25, 0.3) is 0 Å². The molecule has 3 aromatic rings. The lowest BCUT2D eigenvalue weighted by atomic mass is 9.80. The SMILES string of the molecule is COC(=O)c1ccc([C@@H]2C3=C(C[C@@H](c4ccco4)CC3=O)Nc3ccccc3N2C(=O)CCC(=O)O)cc1. The van der Waals surface area contributed by atoms with E-state index in [-0.39, 0.29) is 31.0 Å². The Balaban J connectivity index is 1.68. The number of para-hydroxylation sites is 2. The van der Waals surface area contributed by atoms with Crippen molar-refractivity contribution in [2.75, 3.05) is 17.3 Å². The Bertz CT molecular complexity index is 1420. The fourth-order valence-corrected chi connectivity index (χ4v) is 5.16. The molecule has 0 bridgehead atoms. The van der Waals surface area contributed by atoms with Gasteiger partial charge in [0.15, 0.2) is 5.78 Å². The molecule has 0 unspecified atom stereocenters. The number of allylic oxidation sites excluding steroid dienone is 1. The molecule has 0 spiro atoms. The third kappa shape index (κ3) is 4.70. The van der Waals surface area contributed by atoms with Crippen LogP contribution in [-0.2, 0) is 19.1 Å². The number of hydrogen-bond donors (Lipinski definition) is 2. The summed E-state index contributed by atoms with van der Waals surface area (Å²) >= 11 is 0. The van der Waals surface area contributed by atoms with Crippen molar-refractivity contribution in [2.45, 2.75) is 37.6 Å². The number of esters is 1. The highest BCUT2D eigenvalue weighted by molar-refractivity contribution is 6.06. The predicted molar refractivity (Wildman–Crippen MR) is 138 cm³/mol. The van der Waals surface area contributed by atoms with Crippen LogP contribution in [0, 0.1) is 0 Å². The molecule has 2 aromatic carbocycles. The Morgan fingerprint density at radius 1 is 1.03 bits per heavy atom. The lowest BCUT2D eigenvalue weighted by molar-refractivity contribution is -0.138. The molecular formula is C29H26N2O7. The Hall–Kier alpha value is -4.66. The van der Waals surface area contributed by atoms with Crippen LogP contribution in [0.5, 0.6) is 0 Å². The van der Waals surface area contributed by atoms with Crippen molar-refractivity contribution in [3.8, 4) is 0 Å². The van der Waals surface area contributed by atoms with Gasteiger partial charge in [-0.3, -0.25) is 19.3 Å². The number of anilines is 2. The number of methoxy groups -OCH3 is 1. The molecule has 2 aliphatic rings. The molecule has 2 atom stereocenters. The molecule has 38 heavy (non-hydrogen) atoms.